The molecule has 2 rings (SSSR count). The Kier molecular flexibility index (Phi) is 13.2. The van der Waals surface area contributed by atoms with Gasteiger partial charge >= 0.3 is 12.1 Å². The zero-order valence-electron chi connectivity index (χ0n) is 25.4. The molecular formula is C31H40N2O8S2. The van der Waals surface area contributed by atoms with E-state index in [1.54, 1.807) is 44.2 Å². The van der Waals surface area contributed by atoms with Crippen LogP contribution in [-0.2, 0) is 42.1 Å². The zero-order chi connectivity index (χ0) is 32.3. The van der Waals surface area contributed by atoms with E-state index in [9.17, 15) is 27.9 Å². The van der Waals surface area contributed by atoms with Crippen LogP contribution in [0.2, 0.25) is 0 Å². The number of amides is 2. The zero-order valence-corrected chi connectivity index (χ0v) is 27.1. The van der Waals surface area contributed by atoms with Crippen molar-refractivity contribution in [2.75, 3.05) is 13.7 Å². The molecule has 2 aromatic rings. The van der Waals surface area contributed by atoms with Gasteiger partial charge in [0.2, 0.25) is 0 Å². The lowest BCUT2D eigenvalue weighted by Gasteiger charge is -2.25. The summed E-state index contributed by atoms with van der Waals surface area (Å²) in [5, 5.41) is 10.3. The summed E-state index contributed by atoms with van der Waals surface area (Å²) in [4.78, 5) is 39.8. The Morgan fingerprint density at radius 2 is 1.81 bits per heavy atom. The third kappa shape index (κ3) is 9.82. The molecule has 0 aliphatic rings. The van der Waals surface area contributed by atoms with Gasteiger partial charge in [0.05, 0.1) is 20.3 Å². The number of carbonyl (C=O) groups excluding carboxylic acids is 3. The molecule has 0 atom stereocenters. The van der Waals surface area contributed by atoms with Crippen molar-refractivity contribution in [2.45, 2.75) is 64.6 Å². The Hall–Kier alpha value is -3.90. The number of benzene rings is 1. The fraction of sp³-hybridized carbons (Fsp3) is 0.387. The molecule has 0 saturated heterocycles. The maximum atomic E-state index is 13.3. The van der Waals surface area contributed by atoms with Crippen LogP contribution < -0.4 is 4.72 Å². The molecule has 43 heavy (non-hydrogen) atoms. The van der Waals surface area contributed by atoms with Crippen molar-refractivity contribution in [3.63, 3.8) is 0 Å². The predicted octanol–water partition coefficient (Wildman–Crippen LogP) is 6.25. The van der Waals surface area contributed by atoms with E-state index in [4.69, 9.17) is 9.47 Å². The van der Waals surface area contributed by atoms with E-state index in [1.807, 2.05) is 25.5 Å². The highest BCUT2D eigenvalue weighted by molar-refractivity contribution is 7.92. The largest absolute Gasteiger partial charge is 0.503 e. The molecule has 0 unspecified atom stereocenters. The van der Waals surface area contributed by atoms with Gasteiger partial charge in [-0.05, 0) is 61.4 Å². The fourth-order valence-electron chi connectivity index (χ4n) is 4.05. The Labute approximate surface area is 257 Å². The summed E-state index contributed by atoms with van der Waals surface area (Å²) in [6.45, 7) is 12.8. The molecule has 0 radical (unpaired) electrons. The van der Waals surface area contributed by atoms with Crippen molar-refractivity contribution in [1.29, 1.82) is 0 Å². The van der Waals surface area contributed by atoms with Crippen molar-refractivity contribution in [1.82, 2.24) is 9.62 Å². The lowest BCUT2D eigenvalue weighted by atomic mass is 10.0. The van der Waals surface area contributed by atoms with Gasteiger partial charge in [0, 0.05) is 10.4 Å². The van der Waals surface area contributed by atoms with Gasteiger partial charge in [-0.1, -0.05) is 64.1 Å². The Morgan fingerprint density at radius 1 is 1.16 bits per heavy atom. The first-order valence-electron chi connectivity index (χ1n) is 13.8. The molecule has 1 aromatic heterocycles. The molecular weight excluding hydrogens is 592 g/mol. The highest BCUT2D eigenvalue weighted by Crippen LogP contribution is 2.36. The third-order valence-corrected chi connectivity index (χ3v) is 9.02. The average molecular weight is 633 g/mol. The van der Waals surface area contributed by atoms with Crippen LogP contribution in [0.25, 0.3) is 11.1 Å². The number of allylic oxidation sites excluding steroid dienone is 3. The molecule has 0 aliphatic carbocycles. The van der Waals surface area contributed by atoms with Crippen LogP contribution >= 0.6 is 11.3 Å². The summed E-state index contributed by atoms with van der Waals surface area (Å²) in [6.07, 6.45) is 3.39. The van der Waals surface area contributed by atoms with Crippen LogP contribution in [0.3, 0.4) is 0 Å². The second-order valence-electron chi connectivity index (χ2n) is 10.3. The van der Waals surface area contributed by atoms with Crippen LogP contribution in [0.15, 0.2) is 70.3 Å². The minimum atomic E-state index is -4.24. The van der Waals surface area contributed by atoms with Crippen molar-refractivity contribution in [3.8, 4) is 11.1 Å². The number of esters is 1. The summed E-state index contributed by atoms with van der Waals surface area (Å²) in [5.74, 6) is -1.92. The van der Waals surface area contributed by atoms with Gasteiger partial charge in [0.25, 0.3) is 15.9 Å². The first-order chi connectivity index (χ1) is 20.2. The van der Waals surface area contributed by atoms with E-state index >= 15 is 0 Å². The second-order valence-corrected chi connectivity index (χ2v) is 13.3. The second kappa shape index (κ2) is 16.1. The molecule has 2 amide bonds. The lowest BCUT2D eigenvalue weighted by molar-refractivity contribution is -0.142. The number of aliphatic hydroxyl groups excluding tert-OH is 1. The van der Waals surface area contributed by atoms with Gasteiger partial charge in [-0.3, -0.25) is 9.69 Å². The van der Waals surface area contributed by atoms with Gasteiger partial charge in [-0.15, -0.1) is 11.3 Å². The number of thiophene rings is 1. The van der Waals surface area contributed by atoms with Crippen LogP contribution in [0, 0.1) is 5.92 Å². The van der Waals surface area contributed by atoms with Gasteiger partial charge in [0.15, 0.2) is 5.76 Å². The number of hydrogen-bond acceptors (Lipinski definition) is 9. The maximum absolute atomic E-state index is 13.3. The number of hydrogen-bond donors (Lipinski definition) is 2. The van der Waals surface area contributed by atoms with Crippen LogP contribution in [0.5, 0.6) is 0 Å². The topological polar surface area (TPSA) is 139 Å². The number of unbranched alkanes of at least 4 members (excludes halogenated alkanes) is 1. The molecule has 1 aromatic carbocycles. The van der Waals surface area contributed by atoms with E-state index in [-0.39, 0.29) is 29.0 Å². The average Bonchev–Trinajstić information content (AvgIpc) is 3.36. The number of nitrogens with zero attached hydrogens (tertiary/aromatic N) is 1. The molecule has 12 heteroatoms. The van der Waals surface area contributed by atoms with Crippen molar-refractivity contribution in [2.24, 2.45) is 5.92 Å². The Bertz CT molecular complexity index is 1480. The summed E-state index contributed by atoms with van der Waals surface area (Å²) in [7, 11) is -3.04. The van der Waals surface area contributed by atoms with Gasteiger partial charge < -0.3 is 14.6 Å². The standard InChI is InChI=1S/C31H40N2O8S2/c1-8-10-16-41-31(37)32-43(38,39)30-25(18-24(42-30)17-20(3)4)23-14-12-22(13-15-23)19-33(28(35)26(34)11-9-2)27(21(5)6)29(36)40-7/h9,11-15,18,20,34H,2,8,10,16-17,19H2,1,3-7H3,(H,32,37)/b26-11-. The number of methoxy groups -OCH3 is 1. The molecule has 0 aliphatic heterocycles. The SMILES string of the molecule is C=C/C=C(\O)C(=O)N(Cc1ccc(-c2cc(CC(C)C)sc2S(=O)(=O)NC(=O)OCCCC)cc1)C(C(=O)OC)=C(C)C. The quantitative estimate of drug-likeness (QED) is 0.0819. The number of nitrogens with one attached hydrogen (secondary N) is 1. The van der Waals surface area contributed by atoms with Crippen LogP contribution in [-0.4, -0.2) is 50.1 Å². The van der Waals surface area contributed by atoms with E-state index < -0.39 is 33.8 Å². The van der Waals surface area contributed by atoms with Crippen molar-refractivity contribution in [3.05, 3.63) is 76.5 Å². The van der Waals surface area contributed by atoms with Crippen molar-refractivity contribution < 1.29 is 37.4 Å². The highest BCUT2D eigenvalue weighted by atomic mass is 32.2. The summed E-state index contributed by atoms with van der Waals surface area (Å²) < 4.78 is 38.4. The molecule has 234 valence electrons. The smallest absolute Gasteiger partial charge is 0.421 e. The first-order valence-corrected chi connectivity index (χ1v) is 16.1. The Morgan fingerprint density at radius 3 is 2.35 bits per heavy atom. The van der Waals surface area contributed by atoms with Gasteiger partial charge in [-0.25, -0.2) is 22.7 Å². The summed E-state index contributed by atoms with van der Waals surface area (Å²) >= 11 is 1.09. The predicted molar refractivity (Wildman–Crippen MR) is 167 cm³/mol. The number of rotatable bonds is 14. The van der Waals surface area contributed by atoms with E-state index in [0.29, 0.717) is 35.1 Å². The van der Waals surface area contributed by atoms with Gasteiger partial charge in [-0.2, -0.15) is 0 Å². The molecule has 0 fully saturated rings. The fourth-order valence-corrected chi connectivity index (χ4v) is 6.89. The molecule has 2 N–H and O–H groups in total. The number of ether oxygens (including phenoxy) is 2. The normalized spacial score (nSPS) is 11.6. The molecule has 0 spiro atoms. The van der Waals surface area contributed by atoms with E-state index in [2.05, 4.69) is 6.58 Å². The molecule has 1 heterocycles. The first kappa shape index (κ1) is 35.3. The lowest BCUT2D eigenvalue weighted by Crippen LogP contribution is -2.35. The van der Waals surface area contributed by atoms with E-state index in [0.717, 1.165) is 33.6 Å². The summed E-state index contributed by atoms with van der Waals surface area (Å²) in [5.41, 5.74) is 2.04. The highest BCUT2D eigenvalue weighted by Gasteiger charge is 2.29. The molecule has 10 nitrogen and oxygen atoms in total. The monoisotopic (exact) mass is 632 g/mol. The number of sulfonamides is 1. The molecule has 0 saturated carbocycles. The third-order valence-electron chi connectivity index (χ3n) is 6.02. The van der Waals surface area contributed by atoms with Gasteiger partial charge in [0.1, 0.15) is 9.91 Å². The minimum absolute atomic E-state index is 0.0165. The van der Waals surface area contributed by atoms with E-state index in [1.165, 1.54) is 13.2 Å². The molecule has 0 bridgehead atoms. The Balaban J connectivity index is 2.51. The summed E-state index contributed by atoms with van der Waals surface area (Å²) in [6, 6.07) is 8.55. The van der Waals surface area contributed by atoms with Crippen molar-refractivity contribution >= 4 is 39.3 Å². The number of aliphatic hydroxyl groups is 1. The number of carbonyl (C=O) groups is 3. The van der Waals surface area contributed by atoms with Crippen LogP contribution in [0.4, 0.5) is 4.79 Å². The minimum Gasteiger partial charge on any atom is -0.503 e. The maximum Gasteiger partial charge on any atom is 0.421 e. The van der Waals surface area contributed by atoms with Crippen LogP contribution in [0.1, 0.15) is 57.9 Å².